The monoisotopic (exact) mass is 361 g/mol. The molecule has 0 aliphatic carbocycles. The smallest absolute Gasteiger partial charge is 0.237 e. The van der Waals surface area contributed by atoms with E-state index < -0.39 is 6.04 Å². The van der Waals surface area contributed by atoms with Crippen LogP contribution in [0.5, 0.6) is 5.75 Å². The van der Waals surface area contributed by atoms with Gasteiger partial charge in [-0.25, -0.2) is 0 Å². The van der Waals surface area contributed by atoms with Crippen LogP contribution in [0, 0.1) is 0 Å². The molecule has 144 valence electrons. The number of amides is 2. The minimum absolute atomic E-state index is 0.00787. The van der Waals surface area contributed by atoms with Gasteiger partial charge in [0, 0.05) is 37.8 Å². The predicted octanol–water partition coefficient (Wildman–Crippen LogP) is 2.03. The molecule has 1 saturated heterocycles. The van der Waals surface area contributed by atoms with Gasteiger partial charge in [-0.15, -0.1) is 0 Å². The van der Waals surface area contributed by atoms with E-state index >= 15 is 0 Å². The fraction of sp³-hybridized carbons (Fsp3) is 0.600. The Bertz CT molecular complexity index is 618. The van der Waals surface area contributed by atoms with Gasteiger partial charge in [-0.3, -0.25) is 14.5 Å². The summed E-state index contributed by atoms with van der Waals surface area (Å²) in [6.45, 7) is 11.1. The number of hydrogen-bond acceptors (Lipinski definition) is 4. The average Bonchev–Trinajstić information content (AvgIpc) is 2.62. The van der Waals surface area contributed by atoms with Crippen molar-refractivity contribution in [3.8, 4) is 5.75 Å². The molecule has 0 radical (unpaired) electrons. The Balaban J connectivity index is 2.09. The molecule has 6 nitrogen and oxygen atoms in total. The lowest BCUT2D eigenvalue weighted by atomic mass is 10.1. The van der Waals surface area contributed by atoms with Crippen LogP contribution in [-0.2, 0) is 16.1 Å². The SMILES string of the molecule is CCOc1ccccc1CN(CC)C(=O)C[C@@H]1C(=O)NCCN1C(C)C. The number of carbonyl (C=O) groups is 2. The summed E-state index contributed by atoms with van der Waals surface area (Å²) in [5.74, 6) is 0.746. The molecule has 1 aromatic carbocycles. The summed E-state index contributed by atoms with van der Waals surface area (Å²) < 4.78 is 5.67. The van der Waals surface area contributed by atoms with Crippen molar-refractivity contribution in [2.75, 3.05) is 26.2 Å². The summed E-state index contributed by atoms with van der Waals surface area (Å²) in [6.07, 6.45) is 0.203. The van der Waals surface area contributed by atoms with Gasteiger partial charge < -0.3 is 15.0 Å². The van der Waals surface area contributed by atoms with Crippen LogP contribution in [-0.4, -0.2) is 59.9 Å². The molecule has 26 heavy (non-hydrogen) atoms. The first-order chi connectivity index (χ1) is 12.5. The first-order valence-electron chi connectivity index (χ1n) is 9.49. The van der Waals surface area contributed by atoms with E-state index in [0.717, 1.165) is 17.9 Å². The quantitative estimate of drug-likeness (QED) is 0.770. The van der Waals surface area contributed by atoms with Crippen molar-refractivity contribution in [1.82, 2.24) is 15.1 Å². The minimum Gasteiger partial charge on any atom is -0.494 e. The zero-order chi connectivity index (χ0) is 19.1. The minimum atomic E-state index is -0.396. The summed E-state index contributed by atoms with van der Waals surface area (Å²) in [5, 5.41) is 2.88. The maximum atomic E-state index is 12.9. The van der Waals surface area contributed by atoms with Gasteiger partial charge in [0.2, 0.25) is 11.8 Å². The Kier molecular flexibility index (Phi) is 7.45. The van der Waals surface area contributed by atoms with E-state index in [1.54, 1.807) is 4.90 Å². The molecule has 1 atom stereocenters. The van der Waals surface area contributed by atoms with Crippen molar-refractivity contribution < 1.29 is 14.3 Å². The number of nitrogens with zero attached hydrogens (tertiary/aromatic N) is 2. The molecule has 0 bridgehead atoms. The number of rotatable bonds is 8. The van der Waals surface area contributed by atoms with Crippen molar-refractivity contribution in [3.05, 3.63) is 29.8 Å². The summed E-state index contributed by atoms with van der Waals surface area (Å²) in [5.41, 5.74) is 0.985. The summed E-state index contributed by atoms with van der Waals surface area (Å²) in [4.78, 5) is 29.1. The standard InChI is InChI=1S/C20H31N3O3/c1-5-22(14-16-9-7-8-10-18(16)26-6-2)19(24)13-17-20(25)21-11-12-23(17)15(3)4/h7-10,15,17H,5-6,11-14H2,1-4H3,(H,21,25)/t17-/m1/s1. The molecular weight excluding hydrogens is 330 g/mol. The molecule has 6 heteroatoms. The van der Waals surface area contributed by atoms with Crippen LogP contribution in [0.25, 0.3) is 0 Å². The highest BCUT2D eigenvalue weighted by atomic mass is 16.5. The van der Waals surface area contributed by atoms with Gasteiger partial charge in [-0.1, -0.05) is 18.2 Å². The van der Waals surface area contributed by atoms with Gasteiger partial charge in [0.05, 0.1) is 19.1 Å². The van der Waals surface area contributed by atoms with Crippen LogP contribution < -0.4 is 10.1 Å². The molecule has 1 aromatic rings. The first-order valence-corrected chi connectivity index (χ1v) is 9.49. The van der Waals surface area contributed by atoms with Gasteiger partial charge in [-0.05, 0) is 33.8 Å². The number of benzene rings is 1. The molecule has 2 rings (SSSR count). The van der Waals surface area contributed by atoms with Crippen LogP contribution in [0.3, 0.4) is 0 Å². The largest absolute Gasteiger partial charge is 0.494 e. The number of ether oxygens (including phenoxy) is 1. The second-order valence-corrected chi connectivity index (χ2v) is 6.79. The number of para-hydroxylation sites is 1. The molecule has 0 unspecified atom stereocenters. The lowest BCUT2D eigenvalue weighted by molar-refractivity contribution is -0.139. The van der Waals surface area contributed by atoms with Gasteiger partial charge in [0.1, 0.15) is 5.75 Å². The van der Waals surface area contributed by atoms with Gasteiger partial charge in [-0.2, -0.15) is 0 Å². The van der Waals surface area contributed by atoms with Crippen molar-refractivity contribution >= 4 is 11.8 Å². The van der Waals surface area contributed by atoms with E-state index in [0.29, 0.717) is 26.2 Å². The van der Waals surface area contributed by atoms with E-state index in [2.05, 4.69) is 24.1 Å². The topological polar surface area (TPSA) is 61.9 Å². The van der Waals surface area contributed by atoms with E-state index in [-0.39, 0.29) is 24.3 Å². The molecule has 1 aliphatic heterocycles. The van der Waals surface area contributed by atoms with Crippen LogP contribution >= 0.6 is 0 Å². The number of nitrogens with one attached hydrogen (secondary N) is 1. The summed E-state index contributed by atoms with van der Waals surface area (Å²) >= 11 is 0. The van der Waals surface area contributed by atoms with Crippen LogP contribution in [0.4, 0.5) is 0 Å². The third-order valence-corrected chi connectivity index (χ3v) is 4.77. The highest BCUT2D eigenvalue weighted by Crippen LogP contribution is 2.21. The average molecular weight is 361 g/mol. The van der Waals surface area contributed by atoms with E-state index in [1.165, 1.54) is 0 Å². The Morgan fingerprint density at radius 2 is 2.08 bits per heavy atom. The Hall–Kier alpha value is -2.08. The lowest BCUT2D eigenvalue weighted by Gasteiger charge is -2.38. The fourth-order valence-electron chi connectivity index (χ4n) is 3.37. The van der Waals surface area contributed by atoms with Crippen molar-refractivity contribution in [2.24, 2.45) is 0 Å². The van der Waals surface area contributed by atoms with Crippen molar-refractivity contribution in [2.45, 2.75) is 52.7 Å². The second kappa shape index (κ2) is 9.57. The highest BCUT2D eigenvalue weighted by Gasteiger charge is 2.34. The Labute approximate surface area is 156 Å². The zero-order valence-electron chi connectivity index (χ0n) is 16.3. The van der Waals surface area contributed by atoms with Crippen LogP contribution in [0.1, 0.15) is 39.7 Å². The fourth-order valence-corrected chi connectivity index (χ4v) is 3.37. The molecule has 0 saturated carbocycles. The lowest BCUT2D eigenvalue weighted by Crippen LogP contribution is -2.58. The maximum Gasteiger partial charge on any atom is 0.237 e. The van der Waals surface area contributed by atoms with E-state index in [1.807, 2.05) is 38.1 Å². The first kappa shape index (κ1) is 20.2. The van der Waals surface area contributed by atoms with Gasteiger partial charge in [0.15, 0.2) is 0 Å². The van der Waals surface area contributed by atoms with Gasteiger partial charge >= 0.3 is 0 Å². The maximum absolute atomic E-state index is 12.9. The number of piperazine rings is 1. The highest BCUT2D eigenvalue weighted by molar-refractivity contribution is 5.88. The molecule has 0 aromatic heterocycles. The Morgan fingerprint density at radius 1 is 1.35 bits per heavy atom. The van der Waals surface area contributed by atoms with Crippen LogP contribution in [0.2, 0.25) is 0 Å². The molecule has 1 aliphatic rings. The summed E-state index contributed by atoms with van der Waals surface area (Å²) in [7, 11) is 0. The normalized spacial score (nSPS) is 17.9. The third kappa shape index (κ3) is 4.97. The molecule has 1 N–H and O–H groups in total. The number of hydrogen-bond donors (Lipinski definition) is 1. The third-order valence-electron chi connectivity index (χ3n) is 4.77. The van der Waals surface area contributed by atoms with Crippen molar-refractivity contribution in [3.63, 3.8) is 0 Å². The van der Waals surface area contributed by atoms with Gasteiger partial charge in [0.25, 0.3) is 0 Å². The molecule has 1 heterocycles. The van der Waals surface area contributed by atoms with E-state index in [4.69, 9.17) is 4.74 Å². The predicted molar refractivity (Wildman–Crippen MR) is 102 cm³/mol. The second-order valence-electron chi connectivity index (χ2n) is 6.79. The Morgan fingerprint density at radius 3 is 2.73 bits per heavy atom. The molecule has 1 fully saturated rings. The molecule has 2 amide bonds. The molecular formula is C20H31N3O3. The van der Waals surface area contributed by atoms with E-state index in [9.17, 15) is 9.59 Å². The van der Waals surface area contributed by atoms with Crippen LogP contribution in [0.15, 0.2) is 24.3 Å². The molecule has 0 spiro atoms. The summed E-state index contributed by atoms with van der Waals surface area (Å²) in [6, 6.07) is 7.62. The number of carbonyl (C=O) groups excluding carboxylic acids is 2. The zero-order valence-corrected chi connectivity index (χ0v) is 16.3. The van der Waals surface area contributed by atoms with Crippen molar-refractivity contribution in [1.29, 1.82) is 0 Å².